The molecule has 13 heteroatoms. The van der Waals surface area contributed by atoms with Crippen LogP contribution in [-0.2, 0) is 14.3 Å². The van der Waals surface area contributed by atoms with Crippen molar-refractivity contribution in [1.29, 1.82) is 0 Å². The lowest BCUT2D eigenvalue weighted by Crippen LogP contribution is -2.53. The van der Waals surface area contributed by atoms with Crippen LogP contribution in [0.4, 0.5) is 33.3 Å². The van der Waals surface area contributed by atoms with E-state index in [0.717, 1.165) is 30.2 Å². The summed E-state index contributed by atoms with van der Waals surface area (Å²) in [5.74, 6) is -1.57. The van der Waals surface area contributed by atoms with Crippen molar-refractivity contribution in [3.05, 3.63) is 18.2 Å². The van der Waals surface area contributed by atoms with Crippen LogP contribution in [-0.4, -0.2) is 74.9 Å². The van der Waals surface area contributed by atoms with E-state index >= 15 is 0 Å². The number of nitrogens with one attached hydrogen (secondary N) is 1. The van der Waals surface area contributed by atoms with Gasteiger partial charge < -0.3 is 25.4 Å². The number of hydrogen-bond acceptors (Lipinski definition) is 6. The van der Waals surface area contributed by atoms with E-state index in [0.29, 0.717) is 0 Å². The molecule has 2 amide bonds. The maximum absolute atomic E-state index is 13.1. The number of carbonyl (C=O) groups excluding carboxylic acids is 2. The molecule has 1 heterocycles. The predicted octanol–water partition coefficient (Wildman–Crippen LogP) is 2.58. The highest BCUT2D eigenvalue weighted by Crippen LogP contribution is 2.34. The average Bonchev–Trinajstić information content (AvgIpc) is 2.70. The molecule has 190 valence electrons. The first kappa shape index (κ1) is 26.1. The van der Waals surface area contributed by atoms with E-state index in [4.69, 9.17) is 10.5 Å². The normalized spacial score (nSPS) is 18.2. The molecule has 2 aliphatic rings. The molecule has 0 spiro atoms. The Labute approximate surface area is 193 Å². The second-order valence-corrected chi connectivity index (χ2v) is 8.24. The van der Waals surface area contributed by atoms with Gasteiger partial charge in [-0.15, -0.1) is 0 Å². The molecule has 1 aromatic rings. The molecule has 3 N–H and O–H groups in total. The Morgan fingerprint density at radius 3 is 2.62 bits per heavy atom. The quantitative estimate of drug-likeness (QED) is 0.486. The molecule has 1 saturated heterocycles. The minimum absolute atomic E-state index is 0.0131. The predicted molar refractivity (Wildman–Crippen MR) is 113 cm³/mol. The SMILES string of the molecule is NC[C@H](C(=O)Nc1ccc(N2CCOCC2=O)c(OC(F)F)c1)N(CC1CCC1)CC(F)(F)F. The molecule has 0 unspecified atom stereocenters. The number of carbonyl (C=O) groups is 2. The van der Waals surface area contributed by atoms with Gasteiger partial charge in [0.2, 0.25) is 5.91 Å². The highest BCUT2D eigenvalue weighted by atomic mass is 19.4. The second kappa shape index (κ2) is 11.3. The molecule has 0 bridgehead atoms. The Bertz CT molecular complexity index is 866. The Morgan fingerprint density at radius 2 is 2.06 bits per heavy atom. The van der Waals surface area contributed by atoms with Gasteiger partial charge in [-0.3, -0.25) is 14.5 Å². The van der Waals surface area contributed by atoms with Crippen molar-refractivity contribution >= 4 is 23.2 Å². The van der Waals surface area contributed by atoms with Crippen molar-refractivity contribution in [2.24, 2.45) is 11.7 Å². The average molecular weight is 494 g/mol. The van der Waals surface area contributed by atoms with Crippen LogP contribution in [0.2, 0.25) is 0 Å². The Morgan fingerprint density at radius 1 is 1.32 bits per heavy atom. The van der Waals surface area contributed by atoms with Crippen LogP contribution in [0.5, 0.6) is 5.75 Å². The van der Waals surface area contributed by atoms with E-state index in [1.807, 2.05) is 0 Å². The summed E-state index contributed by atoms with van der Waals surface area (Å²) >= 11 is 0. The minimum atomic E-state index is -4.53. The fourth-order valence-electron chi connectivity index (χ4n) is 3.96. The van der Waals surface area contributed by atoms with Crippen LogP contribution >= 0.6 is 0 Å². The van der Waals surface area contributed by atoms with Crippen molar-refractivity contribution in [3.63, 3.8) is 0 Å². The first-order chi connectivity index (χ1) is 16.1. The third kappa shape index (κ3) is 7.00. The number of alkyl halides is 5. The van der Waals surface area contributed by atoms with Crippen molar-refractivity contribution in [2.75, 3.05) is 49.6 Å². The number of morpholine rings is 1. The van der Waals surface area contributed by atoms with Crippen LogP contribution in [0.3, 0.4) is 0 Å². The fraction of sp³-hybridized carbons (Fsp3) is 0.619. The van der Waals surface area contributed by atoms with Gasteiger partial charge in [0.1, 0.15) is 12.6 Å². The molecule has 2 fully saturated rings. The van der Waals surface area contributed by atoms with Gasteiger partial charge in [-0.25, -0.2) is 0 Å². The second-order valence-electron chi connectivity index (χ2n) is 8.24. The van der Waals surface area contributed by atoms with Crippen molar-refractivity contribution in [3.8, 4) is 5.75 Å². The molecule has 1 atom stereocenters. The lowest BCUT2D eigenvalue weighted by atomic mass is 9.85. The number of rotatable bonds is 10. The standard InChI is InChI=1S/C21H27F5N4O4/c22-20(23)34-17-8-14(4-5-15(17)30-6-7-33-11-18(30)31)28-19(32)16(9-27)29(12-21(24,25)26)10-13-2-1-3-13/h4-5,8,13,16,20H,1-3,6-7,9-12,27H2,(H,28,32)/t16-/m1/s1. The van der Waals surface area contributed by atoms with Gasteiger partial charge in [-0.05, 0) is 30.9 Å². The van der Waals surface area contributed by atoms with Gasteiger partial charge >= 0.3 is 12.8 Å². The lowest BCUT2D eigenvalue weighted by Gasteiger charge is -2.36. The smallest absolute Gasteiger partial charge is 0.401 e. The van der Waals surface area contributed by atoms with Gasteiger partial charge in [0.25, 0.3) is 5.91 Å². The summed E-state index contributed by atoms with van der Waals surface area (Å²) in [7, 11) is 0. The van der Waals surface area contributed by atoms with E-state index in [2.05, 4.69) is 10.1 Å². The minimum Gasteiger partial charge on any atom is -0.433 e. The van der Waals surface area contributed by atoms with Crippen molar-refractivity contribution < 1.29 is 41.0 Å². The first-order valence-corrected chi connectivity index (χ1v) is 10.9. The van der Waals surface area contributed by atoms with Crippen LogP contribution in [0.15, 0.2) is 18.2 Å². The maximum atomic E-state index is 13.1. The van der Waals surface area contributed by atoms with E-state index in [1.165, 1.54) is 17.0 Å². The topological polar surface area (TPSA) is 97.1 Å². The number of ether oxygens (including phenoxy) is 2. The third-order valence-electron chi connectivity index (χ3n) is 5.79. The van der Waals surface area contributed by atoms with Crippen LogP contribution in [0.1, 0.15) is 19.3 Å². The summed E-state index contributed by atoms with van der Waals surface area (Å²) in [6, 6.07) is 2.48. The number of nitrogens with zero attached hydrogens (tertiary/aromatic N) is 2. The van der Waals surface area contributed by atoms with Crippen LogP contribution in [0.25, 0.3) is 0 Å². The number of hydrogen-bond donors (Lipinski definition) is 2. The summed E-state index contributed by atoms with van der Waals surface area (Å²) < 4.78 is 75.0. The number of amides is 2. The van der Waals surface area contributed by atoms with Crippen LogP contribution < -0.4 is 20.7 Å². The van der Waals surface area contributed by atoms with Crippen molar-refractivity contribution in [2.45, 2.75) is 38.1 Å². The Hall–Kier alpha value is -2.51. The zero-order chi connectivity index (χ0) is 24.9. The molecule has 3 rings (SSSR count). The highest BCUT2D eigenvalue weighted by molar-refractivity contribution is 5.98. The first-order valence-electron chi connectivity index (χ1n) is 10.9. The Balaban J connectivity index is 1.79. The summed E-state index contributed by atoms with van der Waals surface area (Å²) in [4.78, 5) is 27.2. The van der Waals surface area contributed by atoms with Crippen molar-refractivity contribution in [1.82, 2.24) is 4.90 Å². The molecule has 1 saturated carbocycles. The molecule has 0 radical (unpaired) electrons. The highest BCUT2D eigenvalue weighted by Gasteiger charge is 2.38. The third-order valence-corrected chi connectivity index (χ3v) is 5.79. The fourth-order valence-corrected chi connectivity index (χ4v) is 3.96. The van der Waals surface area contributed by atoms with E-state index in [1.54, 1.807) is 0 Å². The van der Waals surface area contributed by atoms with Gasteiger partial charge in [-0.1, -0.05) is 6.42 Å². The Kier molecular flexibility index (Phi) is 8.66. The van der Waals surface area contributed by atoms with E-state index in [-0.39, 0.29) is 55.9 Å². The van der Waals surface area contributed by atoms with Gasteiger partial charge in [-0.2, -0.15) is 22.0 Å². The largest absolute Gasteiger partial charge is 0.433 e. The monoisotopic (exact) mass is 494 g/mol. The molecule has 8 nitrogen and oxygen atoms in total. The van der Waals surface area contributed by atoms with Crippen LogP contribution in [0, 0.1) is 5.92 Å². The molecule has 1 aromatic carbocycles. The summed E-state index contributed by atoms with van der Waals surface area (Å²) in [5.41, 5.74) is 5.74. The van der Waals surface area contributed by atoms with Gasteiger partial charge in [0.05, 0.1) is 18.8 Å². The molecule has 34 heavy (non-hydrogen) atoms. The summed E-state index contributed by atoms with van der Waals surface area (Å²) in [5, 5.41) is 2.44. The number of nitrogens with two attached hydrogens (primary N) is 1. The molecule has 1 aliphatic heterocycles. The van der Waals surface area contributed by atoms with Gasteiger partial charge in [0.15, 0.2) is 5.75 Å². The maximum Gasteiger partial charge on any atom is 0.401 e. The number of halogens is 5. The zero-order valence-electron chi connectivity index (χ0n) is 18.3. The zero-order valence-corrected chi connectivity index (χ0v) is 18.3. The van der Waals surface area contributed by atoms with Gasteiger partial charge in [0, 0.05) is 31.4 Å². The molecule has 1 aliphatic carbocycles. The summed E-state index contributed by atoms with van der Waals surface area (Å²) in [6.07, 6.45) is -2.04. The summed E-state index contributed by atoms with van der Waals surface area (Å²) in [6.45, 7) is -4.69. The number of benzene rings is 1. The van der Waals surface area contributed by atoms with E-state index < -0.39 is 37.2 Å². The molecule has 0 aromatic heterocycles. The molecular weight excluding hydrogens is 467 g/mol. The lowest BCUT2D eigenvalue weighted by molar-refractivity contribution is -0.155. The van der Waals surface area contributed by atoms with E-state index in [9.17, 15) is 31.5 Å². The number of anilines is 2. The molecular formula is C21H27F5N4O4.